The summed E-state index contributed by atoms with van der Waals surface area (Å²) in [5.41, 5.74) is 1.77. The van der Waals surface area contributed by atoms with Crippen molar-refractivity contribution < 1.29 is 0 Å². The van der Waals surface area contributed by atoms with Crippen molar-refractivity contribution >= 4 is 46.5 Å². The van der Waals surface area contributed by atoms with Gasteiger partial charge in [0.25, 0.3) is 0 Å². The summed E-state index contributed by atoms with van der Waals surface area (Å²) in [5, 5.41) is 1.18. The predicted octanol–water partition coefficient (Wildman–Crippen LogP) is 4.10. The van der Waals surface area contributed by atoms with Gasteiger partial charge in [-0.2, -0.15) is 0 Å². The van der Waals surface area contributed by atoms with Gasteiger partial charge in [-0.15, -0.1) is 0 Å². The number of allylic oxidation sites excluding steroid dienone is 1. The van der Waals surface area contributed by atoms with E-state index in [2.05, 4.69) is 11.6 Å². The lowest BCUT2D eigenvalue weighted by atomic mass is 10.3. The van der Waals surface area contributed by atoms with Gasteiger partial charge in [0, 0.05) is 5.03 Å². The standard InChI is InChI=1S/C10H8Cl2N2S/c1-6(11)5-14-8-4-2-3-7(12)9(8)13-10(14)15/h2-4H,1,5H2,(H,13,15). The van der Waals surface area contributed by atoms with Gasteiger partial charge in [-0.1, -0.05) is 35.8 Å². The van der Waals surface area contributed by atoms with Crippen molar-refractivity contribution in [3.8, 4) is 0 Å². The van der Waals surface area contributed by atoms with E-state index in [1.165, 1.54) is 0 Å². The summed E-state index contributed by atoms with van der Waals surface area (Å²) in [6, 6.07) is 5.63. The second-order valence-corrected chi connectivity index (χ2v) is 4.50. The summed E-state index contributed by atoms with van der Waals surface area (Å²) < 4.78 is 2.46. The molecule has 2 aromatic rings. The number of nitrogens with one attached hydrogen (secondary N) is 1. The quantitative estimate of drug-likeness (QED) is 0.805. The molecule has 15 heavy (non-hydrogen) atoms. The maximum absolute atomic E-state index is 6.03. The third-order valence-electron chi connectivity index (χ3n) is 2.09. The predicted molar refractivity (Wildman–Crippen MR) is 67.1 cm³/mol. The third kappa shape index (κ3) is 1.95. The molecular formula is C10H8Cl2N2S. The van der Waals surface area contributed by atoms with Gasteiger partial charge in [-0.3, -0.25) is 0 Å². The molecule has 0 aliphatic carbocycles. The highest BCUT2D eigenvalue weighted by Crippen LogP contribution is 2.23. The molecule has 0 spiro atoms. The molecule has 2 nitrogen and oxygen atoms in total. The summed E-state index contributed by atoms with van der Waals surface area (Å²) >= 11 is 17.0. The van der Waals surface area contributed by atoms with E-state index in [9.17, 15) is 0 Å². The van der Waals surface area contributed by atoms with E-state index in [-0.39, 0.29) is 0 Å². The smallest absolute Gasteiger partial charge is 0.178 e. The van der Waals surface area contributed by atoms with E-state index in [4.69, 9.17) is 35.4 Å². The number of para-hydroxylation sites is 1. The number of imidazole rings is 1. The van der Waals surface area contributed by atoms with Crippen molar-refractivity contribution in [3.05, 3.63) is 39.6 Å². The molecule has 1 aromatic carbocycles. The second kappa shape index (κ2) is 4.00. The fraction of sp³-hybridized carbons (Fsp3) is 0.100. The molecule has 0 fully saturated rings. The molecule has 0 unspecified atom stereocenters. The maximum Gasteiger partial charge on any atom is 0.178 e. The van der Waals surface area contributed by atoms with Crippen LogP contribution < -0.4 is 0 Å². The SMILES string of the molecule is C=C(Cl)Cn1c(=S)[nH]c2c(Cl)cccc21. The largest absolute Gasteiger partial charge is 0.329 e. The molecule has 78 valence electrons. The number of aromatic amines is 1. The van der Waals surface area contributed by atoms with E-state index < -0.39 is 0 Å². The number of H-pyrrole nitrogens is 1. The van der Waals surface area contributed by atoms with Gasteiger partial charge >= 0.3 is 0 Å². The maximum atomic E-state index is 6.03. The van der Waals surface area contributed by atoms with Gasteiger partial charge in [-0.05, 0) is 24.4 Å². The summed E-state index contributed by atoms with van der Waals surface area (Å²) in [6.07, 6.45) is 0. The number of rotatable bonds is 2. The van der Waals surface area contributed by atoms with Crippen LogP contribution in [0.2, 0.25) is 5.02 Å². The van der Waals surface area contributed by atoms with Crippen molar-refractivity contribution in [1.29, 1.82) is 0 Å². The van der Waals surface area contributed by atoms with Crippen LogP contribution in [-0.2, 0) is 6.54 Å². The molecule has 5 heteroatoms. The molecule has 0 amide bonds. The average molecular weight is 259 g/mol. The monoisotopic (exact) mass is 258 g/mol. The first kappa shape index (κ1) is 10.7. The molecule has 0 atom stereocenters. The third-order valence-corrected chi connectivity index (χ3v) is 2.85. The van der Waals surface area contributed by atoms with E-state index in [0.29, 0.717) is 21.4 Å². The first-order valence-corrected chi connectivity index (χ1v) is 5.46. The Labute approximate surface area is 102 Å². The topological polar surface area (TPSA) is 20.7 Å². The summed E-state index contributed by atoms with van der Waals surface area (Å²) in [6.45, 7) is 4.14. The van der Waals surface area contributed by atoms with Crippen LogP contribution in [0.5, 0.6) is 0 Å². The second-order valence-electron chi connectivity index (χ2n) is 3.17. The molecule has 0 saturated heterocycles. The van der Waals surface area contributed by atoms with E-state index in [1.54, 1.807) is 0 Å². The number of hydrogen-bond donors (Lipinski definition) is 1. The van der Waals surface area contributed by atoms with Gasteiger partial charge < -0.3 is 9.55 Å². The molecule has 2 rings (SSSR count). The van der Waals surface area contributed by atoms with Crippen molar-refractivity contribution in [1.82, 2.24) is 9.55 Å². The fourth-order valence-electron chi connectivity index (χ4n) is 1.47. The highest BCUT2D eigenvalue weighted by atomic mass is 35.5. The summed E-state index contributed by atoms with van der Waals surface area (Å²) in [5.74, 6) is 0. The van der Waals surface area contributed by atoms with Gasteiger partial charge in [0.2, 0.25) is 0 Å². The van der Waals surface area contributed by atoms with Crippen LogP contribution in [0, 0.1) is 4.77 Å². The van der Waals surface area contributed by atoms with Gasteiger partial charge in [0.15, 0.2) is 4.77 Å². The van der Waals surface area contributed by atoms with Crippen LogP contribution in [0.25, 0.3) is 11.0 Å². The molecule has 1 heterocycles. The van der Waals surface area contributed by atoms with Gasteiger partial charge in [-0.25, -0.2) is 0 Å². The van der Waals surface area contributed by atoms with Crippen LogP contribution in [-0.4, -0.2) is 9.55 Å². The normalized spacial score (nSPS) is 10.8. The summed E-state index contributed by atoms with van der Waals surface area (Å²) in [7, 11) is 0. The Hall–Kier alpha value is -0.770. The van der Waals surface area contributed by atoms with Crippen LogP contribution in [0.15, 0.2) is 29.8 Å². The van der Waals surface area contributed by atoms with Crippen molar-refractivity contribution in [3.63, 3.8) is 0 Å². The van der Waals surface area contributed by atoms with Crippen LogP contribution in [0.3, 0.4) is 0 Å². The van der Waals surface area contributed by atoms with Crippen LogP contribution in [0.1, 0.15) is 0 Å². The Balaban J connectivity index is 2.74. The number of benzene rings is 1. The Morgan fingerprint density at radius 1 is 1.53 bits per heavy atom. The van der Waals surface area contributed by atoms with E-state index >= 15 is 0 Å². The molecule has 0 aliphatic heterocycles. The van der Waals surface area contributed by atoms with E-state index in [0.717, 1.165) is 11.0 Å². The number of nitrogens with zero attached hydrogens (tertiary/aromatic N) is 1. The number of halogens is 2. The minimum atomic E-state index is 0.487. The van der Waals surface area contributed by atoms with E-state index in [1.807, 2.05) is 22.8 Å². The lowest BCUT2D eigenvalue weighted by molar-refractivity contribution is 0.825. The highest BCUT2D eigenvalue weighted by molar-refractivity contribution is 7.71. The Morgan fingerprint density at radius 3 is 2.93 bits per heavy atom. The molecule has 0 aliphatic rings. The molecule has 1 N–H and O–H groups in total. The van der Waals surface area contributed by atoms with Gasteiger partial charge in [0.1, 0.15) is 0 Å². The lowest BCUT2D eigenvalue weighted by Crippen LogP contribution is -1.96. The zero-order chi connectivity index (χ0) is 11.0. The molecule has 0 radical (unpaired) electrons. The minimum absolute atomic E-state index is 0.487. The number of fused-ring (bicyclic) bond motifs is 1. The first-order chi connectivity index (χ1) is 7.09. The zero-order valence-corrected chi connectivity index (χ0v) is 10.1. The van der Waals surface area contributed by atoms with Crippen LogP contribution >= 0.6 is 35.4 Å². The minimum Gasteiger partial charge on any atom is -0.329 e. The average Bonchev–Trinajstić information content (AvgIpc) is 2.45. The van der Waals surface area contributed by atoms with Crippen molar-refractivity contribution in [2.45, 2.75) is 6.54 Å². The lowest BCUT2D eigenvalue weighted by Gasteiger charge is -2.01. The first-order valence-electron chi connectivity index (χ1n) is 4.30. The van der Waals surface area contributed by atoms with Gasteiger partial charge in [0.05, 0.1) is 22.6 Å². The molecule has 1 aromatic heterocycles. The Kier molecular flexibility index (Phi) is 2.87. The molecule has 0 bridgehead atoms. The summed E-state index contributed by atoms with van der Waals surface area (Å²) in [4.78, 5) is 3.05. The van der Waals surface area contributed by atoms with Crippen molar-refractivity contribution in [2.75, 3.05) is 0 Å². The number of aromatic nitrogens is 2. The fourth-order valence-corrected chi connectivity index (χ4v) is 2.08. The Bertz CT molecular complexity index is 583. The Morgan fingerprint density at radius 2 is 2.27 bits per heavy atom. The van der Waals surface area contributed by atoms with Crippen LogP contribution in [0.4, 0.5) is 0 Å². The van der Waals surface area contributed by atoms with Crippen molar-refractivity contribution in [2.24, 2.45) is 0 Å². The number of hydrogen-bond acceptors (Lipinski definition) is 1. The molecule has 0 saturated carbocycles. The highest BCUT2D eigenvalue weighted by Gasteiger charge is 2.06. The molecular weight excluding hydrogens is 251 g/mol. The zero-order valence-electron chi connectivity index (χ0n) is 7.76.